The van der Waals surface area contributed by atoms with E-state index in [0.29, 0.717) is 12.3 Å². The molecule has 0 radical (unpaired) electrons. The van der Waals surface area contributed by atoms with Crippen LogP contribution in [0.1, 0.15) is 42.4 Å². The average Bonchev–Trinajstić information content (AvgIpc) is 2.92. The summed E-state index contributed by atoms with van der Waals surface area (Å²) in [5, 5.41) is 7.98. The molecule has 112 valence electrons. The van der Waals surface area contributed by atoms with E-state index < -0.39 is 0 Å². The number of para-hydroxylation sites is 1. The fourth-order valence-corrected chi connectivity index (χ4v) is 2.13. The van der Waals surface area contributed by atoms with Gasteiger partial charge in [0.05, 0.1) is 12.3 Å². The van der Waals surface area contributed by atoms with Gasteiger partial charge in [0.1, 0.15) is 11.4 Å². The molecule has 0 bridgehead atoms. The maximum Gasteiger partial charge on any atom is 0.172 e. The summed E-state index contributed by atoms with van der Waals surface area (Å²) in [6, 6.07) is 9.72. The fraction of sp³-hybridized carbons (Fsp3) is 0.438. The van der Waals surface area contributed by atoms with Gasteiger partial charge >= 0.3 is 0 Å². The number of hydrogen-bond acceptors (Lipinski definition) is 4. The lowest BCUT2D eigenvalue weighted by Gasteiger charge is -2.08. The second kappa shape index (κ2) is 8.19. The van der Waals surface area contributed by atoms with Gasteiger partial charge in [-0.1, -0.05) is 36.8 Å². The van der Waals surface area contributed by atoms with Gasteiger partial charge in [0.25, 0.3) is 0 Å². The molecular formula is C16H21N3O2. The molecular weight excluding hydrogens is 266 g/mol. The lowest BCUT2D eigenvalue weighted by atomic mass is 10.2. The zero-order valence-electron chi connectivity index (χ0n) is 12.4. The molecule has 0 saturated carbocycles. The minimum absolute atomic E-state index is 0.450. The number of aromatic nitrogens is 3. The number of ether oxygens (including phenoxy) is 1. The molecule has 1 heterocycles. The summed E-state index contributed by atoms with van der Waals surface area (Å²) in [5.74, 6) is 0.866. The molecule has 5 heteroatoms. The number of carbonyl (C=O) groups is 1. The number of benzene rings is 1. The maximum absolute atomic E-state index is 11.0. The summed E-state index contributed by atoms with van der Waals surface area (Å²) < 4.78 is 7.50. The minimum Gasteiger partial charge on any atom is -0.494 e. The van der Waals surface area contributed by atoms with Crippen LogP contribution >= 0.6 is 0 Å². The van der Waals surface area contributed by atoms with E-state index in [1.807, 2.05) is 35.0 Å². The second-order valence-corrected chi connectivity index (χ2v) is 4.88. The summed E-state index contributed by atoms with van der Waals surface area (Å²) in [7, 11) is 0. The van der Waals surface area contributed by atoms with Gasteiger partial charge in [-0.15, -0.1) is 5.10 Å². The van der Waals surface area contributed by atoms with Crippen LogP contribution in [-0.4, -0.2) is 27.9 Å². The van der Waals surface area contributed by atoms with Crippen LogP contribution in [0, 0.1) is 0 Å². The molecule has 0 aliphatic carbocycles. The summed E-state index contributed by atoms with van der Waals surface area (Å²) >= 11 is 0. The SMILES string of the molecule is CCCCn1nnc(C=O)c1CCCOc1ccccc1. The van der Waals surface area contributed by atoms with Crippen LogP contribution in [0.15, 0.2) is 30.3 Å². The highest BCUT2D eigenvalue weighted by Crippen LogP contribution is 2.11. The Labute approximate surface area is 124 Å². The Morgan fingerprint density at radius 2 is 2.05 bits per heavy atom. The Morgan fingerprint density at radius 3 is 2.76 bits per heavy atom. The van der Waals surface area contributed by atoms with Crippen molar-refractivity contribution in [2.75, 3.05) is 6.61 Å². The number of nitrogens with zero attached hydrogens (tertiary/aromatic N) is 3. The van der Waals surface area contributed by atoms with Gasteiger partial charge < -0.3 is 4.74 Å². The van der Waals surface area contributed by atoms with Gasteiger partial charge in [-0.3, -0.25) is 4.79 Å². The summed E-state index contributed by atoms with van der Waals surface area (Å²) in [6.07, 6.45) is 4.48. The van der Waals surface area contributed by atoms with Gasteiger partial charge in [-0.05, 0) is 31.4 Å². The molecule has 0 aliphatic rings. The summed E-state index contributed by atoms with van der Waals surface area (Å²) in [6.45, 7) is 3.55. The predicted molar refractivity (Wildman–Crippen MR) is 80.6 cm³/mol. The third-order valence-electron chi connectivity index (χ3n) is 3.27. The highest BCUT2D eigenvalue weighted by atomic mass is 16.5. The number of carbonyl (C=O) groups excluding carboxylic acids is 1. The zero-order valence-corrected chi connectivity index (χ0v) is 12.4. The normalized spacial score (nSPS) is 10.5. The van der Waals surface area contributed by atoms with Crippen molar-refractivity contribution in [3.63, 3.8) is 0 Å². The molecule has 2 rings (SSSR count). The quantitative estimate of drug-likeness (QED) is 0.525. The van der Waals surface area contributed by atoms with Crippen LogP contribution in [0.25, 0.3) is 0 Å². The van der Waals surface area contributed by atoms with Crippen molar-refractivity contribution in [1.29, 1.82) is 0 Å². The van der Waals surface area contributed by atoms with Crippen LogP contribution in [0.4, 0.5) is 0 Å². The first-order valence-corrected chi connectivity index (χ1v) is 7.40. The lowest BCUT2D eigenvalue weighted by molar-refractivity contribution is 0.111. The van der Waals surface area contributed by atoms with E-state index >= 15 is 0 Å². The number of aldehydes is 1. The monoisotopic (exact) mass is 287 g/mol. The molecule has 21 heavy (non-hydrogen) atoms. The van der Waals surface area contributed by atoms with Gasteiger partial charge in [-0.25, -0.2) is 4.68 Å². The van der Waals surface area contributed by atoms with Crippen molar-refractivity contribution in [3.05, 3.63) is 41.7 Å². The standard InChI is InChI=1S/C16H21N3O2/c1-2-3-11-19-16(15(13-20)17-18-19)10-7-12-21-14-8-5-4-6-9-14/h4-6,8-9,13H,2-3,7,10-12H2,1H3. The zero-order chi connectivity index (χ0) is 14.9. The smallest absolute Gasteiger partial charge is 0.172 e. The van der Waals surface area contributed by atoms with Crippen LogP contribution in [0.3, 0.4) is 0 Å². The molecule has 0 atom stereocenters. The molecule has 1 aromatic carbocycles. The van der Waals surface area contributed by atoms with E-state index in [2.05, 4.69) is 17.2 Å². The largest absolute Gasteiger partial charge is 0.494 e. The first-order valence-electron chi connectivity index (χ1n) is 7.40. The molecule has 2 aromatic rings. The fourth-order valence-electron chi connectivity index (χ4n) is 2.13. The third kappa shape index (κ3) is 4.41. The molecule has 0 fully saturated rings. The first-order chi connectivity index (χ1) is 10.3. The lowest BCUT2D eigenvalue weighted by Crippen LogP contribution is -2.08. The van der Waals surface area contributed by atoms with Gasteiger partial charge in [-0.2, -0.15) is 0 Å². The highest BCUT2D eigenvalue weighted by molar-refractivity contribution is 5.73. The highest BCUT2D eigenvalue weighted by Gasteiger charge is 2.11. The van der Waals surface area contributed by atoms with E-state index in [0.717, 1.165) is 50.0 Å². The van der Waals surface area contributed by atoms with Crippen LogP contribution < -0.4 is 4.74 Å². The molecule has 5 nitrogen and oxygen atoms in total. The van der Waals surface area contributed by atoms with E-state index in [-0.39, 0.29) is 0 Å². The number of unbranched alkanes of at least 4 members (excludes halogenated alkanes) is 1. The van der Waals surface area contributed by atoms with Crippen molar-refractivity contribution in [3.8, 4) is 5.75 Å². The Bertz CT molecular complexity index is 552. The van der Waals surface area contributed by atoms with Crippen molar-refractivity contribution in [2.24, 2.45) is 0 Å². The van der Waals surface area contributed by atoms with Crippen molar-refractivity contribution in [2.45, 2.75) is 39.2 Å². The summed E-state index contributed by atoms with van der Waals surface area (Å²) in [5.41, 5.74) is 1.36. The molecule has 0 spiro atoms. The van der Waals surface area contributed by atoms with E-state index in [1.54, 1.807) is 0 Å². The molecule has 1 aromatic heterocycles. The van der Waals surface area contributed by atoms with Crippen LogP contribution in [-0.2, 0) is 13.0 Å². The van der Waals surface area contributed by atoms with Gasteiger partial charge in [0.2, 0.25) is 0 Å². The third-order valence-corrected chi connectivity index (χ3v) is 3.27. The Hall–Kier alpha value is -2.17. The van der Waals surface area contributed by atoms with Crippen molar-refractivity contribution in [1.82, 2.24) is 15.0 Å². The Kier molecular flexibility index (Phi) is 5.94. The molecule has 0 saturated heterocycles. The molecule has 0 amide bonds. The number of aryl methyl sites for hydroxylation is 1. The molecule has 0 N–H and O–H groups in total. The van der Waals surface area contributed by atoms with E-state index in [9.17, 15) is 4.79 Å². The second-order valence-electron chi connectivity index (χ2n) is 4.88. The first kappa shape index (κ1) is 15.2. The maximum atomic E-state index is 11.0. The van der Waals surface area contributed by atoms with E-state index in [4.69, 9.17) is 4.74 Å². The molecule has 0 unspecified atom stereocenters. The van der Waals surface area contributed by atoms with Gasteiger partial charge in [0, 0.05) is 6.54 Å². The van der Waals surface area contributed by atoms with Crippen molar-refractivity contribution >= 4 is 6.29 Å². The van der Waals surface area contributed by atoms with Crippen molar-refractivity contribution < 1.29 is 9.53 Å². The average molecular weight is 287 g/mol. The predicted octanol–water partition coefficient (Wildman–Crippen LogP) is 2.90. The Balaban J connectivity index is 1.86. The topological polar surface area (TPSA) is 57.0 Å². The number of hydrogen-bond donors (Lipinski definition) is 0. The number of rotatable bonds is 9. The van der Waals surface area contributed by atoms with E-state index in [1.165, 1.54) is 0 Å². The van der Waals surface area contributed by atoms with Crippen LogP contribution in [0.5, 0.6) is 5.75 Å². The molecule has 0 aliphatic heterocycles. The minimum atomic E-state index is 0.450. The van der Waals surface area contributed by atoms with Crippen LogP contribution in [0.2, 0.25) is 0 Å². The summed E-state index contributed by atoms with van der Waals surface area (Å²) in [4.78, 5) is 11.0. The van der Waals surface area contributed by atoms with Gasteiger partial charge in [0.15, 0.2) is 6.29 Å². The Morgan fingerprint density at radius 1 is 1.24 bits per heavy atom.